The van der Waals surface area contributed by atoms with E-state index in [0.717, 1.165) is 11.4 Å². The number of hydrogen-bond acceptors (Lipinski definition) is 4. The molecular weight excluding hydrogens is 236 g/mol. The van der Waals surface area contributed by atoms with E-state index in [9.17, 15) is 4.79 Å². The predicted molar refractivity (Wildman–Crippen MR) is 70.4 cm³/mol. The summed E-state index contributed by atoms with van der Waals surface area (Å²) < 4.78 is 0. The van der Waals surface area contributed by atoms with Gasteiger partial charge in [0.2, 0.25) is 5.13 Å². The summed E-state index contributed by atoms with van der Waals surface area (Å²) in [6.07, 6.45) is 0.889. The molecule has 0 bridgehead atoms. The van der Waals surface area contributed by atoms with Crippen molar-refractivity contribution in [1.82, 2.24) is 15.5 Å². The zero-order valence-electron chi connectivity index (χ0n) is 11.0. The van der Waals surface area contributed by atoms with Crippen LogP contribution in [0.2, 0.25) is 0 Å². The van der Waals surface area contributed by atoms with E-state index in [1.165, 1.54) is 11.3 Å². The zero-order chi connectivity index (χ0) is 13.1. The smallest absolute Gasteiger partial charge is 0.321 e. The number of urea groups is 1. The van der Waals surface area contributed by atoms with Crippen molar-refractivity contribution in [1.29, 1.82) is 0 Å². The Hall–Kier alpha value is -1.17. The third kappa shape index (κ3) is 5.63. The van der Waals surface area contributed by atoms with Crippen molar-refractivity contribution in [3.05, 3.63) is 5.01 Å². The molecule has 2 amide bonds. The Labute approximate surface area is 106 Å². The zero-order valence-corrected chi connectivity index (χ0v) is 11.8. The van der Waals surface area contributed by atoms with E-state index in [-0.39, 0.29) is 11.6 Å². The minimum atomic E-state index is -0.254. The van der Waals surface area contributed by atoms with Crippen LogP contribution in [-0.2, 0) is 6.42 Å². The van der Waals surface area contributed by atoms with Crippen LogP contribution in [0, 0.1) is 5.92 Å². The molecule has 0 aliphatic carbocycles. The highest BCUT2D eigenvalue weighted by molar-refractivity contribution is 7.15. The first-order valence-electron chi connectivity index (χ1n) is 5.68. The highest BCUT2D eigenvalue weighted by atomic mass is 32.1. The average molecular weight is 256 g/mol. The van der Waals surface area contributed by atoms with Crippen LogP contribution in [0.3, 0.4) is 0 Å². The Kier molecular flexibility index (Phi) is 4.45. The Bertz CT molecular complexity index is 381. The lowest BCUT2D eigenvalue weighted by molar-refractivity contribution is 0.244. The van der Waals surface area contributed by atoms with Gasteiger partial charge in [-0.25, -0.2) is 4.79 Å². The van der Waals surface area contributed by atoms with Gasteiger partial charge in [0.25, 0.3) is 0 Å². The number of hydrogen-bond donors (Lipinski definition) is 2. The second-order valence-electron chi connectivity index (χ2n) is 5.43. The quantitative estimate of drug-likeness (QED) is 0.873. The number of anilines is 1. The summed E-state index contributed by atoms with van der Waals surface area (Å²) >= 11 is 1.42. The molecule has 1 aromatic heterocycles. The van der Waals surface area contributed by atoms with Crippen LogP contribution in [0.25, 0.3) is 0 Å². The van der Waals surface area contributed by atoms with Gasteiger partial charge >= 0.3 is 6.03 Å². The molecule has 0 spiro atoms. The van der Waals surface area contributed by atoms with Gasteiger partial charge in [-0.2, -0.15) is 0 Å². The Balaban J connectivity index is 2.52. The normalized spacial score (nSPS) is 11.6. The third-order valence-electron chi connectivity index (χ3n) is 1.76. The second kappa shape index (κ2) is 5.44. The lowest BCUT2D eigenvalue weighted by atomic mass is 10.1. The van der Waals surface area contributed by atoms with Crippen LogP contribution in [0.4, 0.5) is 9.93 Å². The van der Waals surface area contributed by atoms with Gasteiger partial charge in [-0.3, -0.25) is 5.32 Å². The maximum atomic E-state index is 11.6. The molecule has 0 fully saturated rings. The fourth-order valence-electron chi connectivity index (χ4n) is 1.20. The van der Waals surface area contributed by atoms with Gasteiger partial charge in [-0.1, -0.05) is 25.2 Å². The number of nitrogens with one attached hydrogen (secondary N) is 2. The van der Waals surface area contributed by atoms with E-state index in [1.807, 2.05) is 20.8 Å². The molecule has 1 rings (SSSR count). The molecule has 0 unspecified atom stereocenters. The molecule has 0 atom stereocenters. The SMILES string of the molecule is CC(C)Cc1nnc(NC(=O)NC(C)(C)C)s1. The topological polar surface area (TPSA) is 66.9 Å². The van der Waals surface area contributed by atoms with Crippen LogP contribution in [0.1, 0.15) is 39.6 Å². The lowest BCUT2D eigenvalue weighted by Crippen LogP contribution is -2.43. The highest BCUT2D eigenvalue weighted by Gasteiger charge is 2.15. The van der Waals surface area contributed by atoms with Gasteiger partial charge in [-0.05, 0) is 26.7 Å². The monoisotopic (exact) mass is 256 g/mol. The number of rotatable bonds is 3. The summed E-state index contributed by atoms with van der Waals surface area (Å²) in [5.74, 6) is 0.541. The number of aromatic nitrogens is 2. The highest BCUT2D eigenvalue weighted by Crippen LogP contribution is 2.18. The number of carbonyl (C=O) groups is 1. The third-order valence-corrected chi connectivity index (χ3v) is 2.62. The first-order valence-corrected chi connectivity index (χ1v) is 6.49. The molecule has 0 aromatic carbocycles. The van der Waals surface area contributed by atoms with Crippen molar-refractivity contribution in [3.8, 4) is 0 Å². The van der Waals surface area contributed by atoms with Crippen LogP contribution in [0.5, 0.6) is 0 Å². The van der Waals surface area contributed by atoms with Crippen LogP contribution < -0.4 is 10.6 Å². The molecule has 0 aliphatic rings. The van der Waals surface area contributed by atoms with Gasteiger partial charge in [0.1, 0.15) is 5.01 Å². The Morgan fingerprint density at radius 1 is 1.35 bits per heavy atom. The van der Waals surface area contributed by atoms with E-state index < -0.39 is 0 Å². The molecule has 0 saturated carbocycles. The maximum absolute atomic E-state index is 11.6. The van der Waals surface area contributed by atoms with Crippen molar-refractivity contribution in [2.45, 2.75) is 46.6 Å². The number of carbonyl (C=O) groups excluding carboxylic acids is 1. The van der Waals surface area contributed by atoms with Crippen LogP contribution in [0.15, 0.2) is 0 Å². The largest absolute Gasteiger partial charge is 0.333 e. The fraction of sp³-hybridized carbons (Fsp3) is 0.727. The molecule has 0 saturated heterocycles. The minimum absolute atomic E-state index is 0.246. The van der Waals surface area contributed by atoms with Crippen molar-refractivity contribution in [2.75, 3.05) is 5.32 Å². The first kappa shape index (κ1) is 13.9. The molecule has 0 aliphatic heterocycles. The molecule has 5 nitrogen and oxygen atoms in total. The molecule has 2 N–H and O–H groups in total. The number of amides is 2. The van der Waals surface area contributed by atoms with Gasteiger partial charge in [0.05, 0.1) is 0 Å². The Morgan fingerprint density at radius 2 is 2.00 bits per heavy atom. The summed E-state index contributed by atoms with van der Waals surface area (Å²) in [5, 5.41) is 15.0. The van der Waals surface area contributed by atoms with E-state index in [2.05, 4.69) is 34.7 Å². The van der Waals surface area contributed by atoms with Crippen molar-refractivity contribution < 1.29 is 4.79 Å². The van der Waals surface area contributed by atoms with Crippen LogP contribution >= 0.6 is 11.3 Å². The fourth-order valence-corrected chi connectivity index (χ4v) is 2.15. The average Bonchev–Trinajstić information content (AvgIpc) is 2.46. The van der Waals surface area contributed by atoms with Gasteiger partial charge in [0.15, 0.2) is 0 Å². The molecule has 1 heterocycles. The number of nitrogens with zero attached hydrogens (tertiary/aromatic N) is 2. The van der Waals surface area contributed by atoms with Gasteiger partial charge in [0, 0.05) is 12.0 Å². The molecule has 0 radical (unpaired) electrons. The van der Waals surface area contributed by atoms with Crippen molar-refractivity contribution >= 4 is 22.5 Å². The van der Waals surface area contributed by atoms with Crippen molar-refractivity contribution in [2.24, 2.45) is 5.92 Å². The van der Waals surface area contributed by atoms with E-state index >= 15 is 0 Å². The Morgan fingerprint density at radius 3 is 2.53 bits per heavy atom. The summed E-state index contributed by atoms with van der Waals surface area (Å²) in [5.41, 5.74) is -0.254. The molecule has 6 heteroatoms. The second-order valence-corrected chi connectivity index (χ2v) is 6.49. The lowest BCUT2D eigenvalue weighted by Gasteiger charge is -2.19. The van der Waals surface area contributed by atoms with Gasteiger partial charge < -0.3 is 5.32 Å². The summed E-state index contributed by atoms with van der Waals surface area (Å²) in [6.45, 7) is 10.0. The van der Waals surface area contributed by atoms with E-state index in [0.29, 0.717) is 11.0 Å². The summed E-state index contributed by atoms with van der Waals surface area (Å²) in [4.78, 5) is 11.6. The van der Waals surface area contributed by atoms with Crippen molar-refractivity contribution in [3.63, 3.8) is 0 Å². The molecule has 96 valence electrons. The minimum Gasteiger partial charge on any atom is -0.333 e. The van der Waals surface area contributed by atoms with Crippen LogP contribution in [-0.4, -0.2) is 21.8 Å². The maximum Gasteiger partial charge on any atom is 0.321 e. The van der Waals surface area contributed by atoms with E-state index in [1.54, 1.807) is 0 Å². The van der Waals surface area contributed by atoms with E-state index in [4.69, 9.17) is 0 Å². The predicted octanol–water partition coefficient (Wildman–Crippen LogP) is 2.66. The molecule has 17 heavy (non-hydrogen) atoms. The summed E-state index contributed by atoms with van der Waals surface area (Å²) in [7, 11) is 0. The summed E-state index contributed by atoms with van der Waals surface area (Å²) in [6, 6.07) is -0.246. The first-order chi connectivity index (χ1) is 7.76. The van der Waals surface area contributed by atoms with Gasteiger partial charge in [-0.15, -0.1) is 10.2 Å². The standard InChI is InChI=1S/C11H20N4OS/c1-7(2)6-8-14-15-10(17-8)12-9(16)13-11(3,4)5/h7H,6H2,1-5H3,(H2,12,13,15,16). The molecule has 1 aromatic rings. The molecular formula is C11H20N4OS.